The average molecular weight is 385 g/mol. The van der Waals surface area contributed by atoms with E-state index >= 15 is 0 Å². The zero-order chi connectivity index (χ0) is 15.0. The van der Waals surface area contributed by atoms with Crippen LogP contribution in [-0.2, 0) is 4.79 Å². The van der Waals surface area contributed by atoms with Gasteiger partial charge in [0.2, 0.25) is 5.91 Å². The van der Waals surface area contributed by atoms with Crippen molar-refractivity contribution >= 4 is 50.7 Å². The van der Waals surface area contributed by atoms with Gasteiger partial charge in [0.1, 0.15) is 0 Å². The third-order valence-corrected chi connectivity index (χ3v) is 4.52. The van der Waals surface area contributed by atoms with Crippen molar-refractivity contribution in [2.75, 3.05) is 5.32 Å². The van der Waals surface area contributed by atoms with Gasteiger partial charge in [-0.05, 0) is 60.4 Å². The van der Waals surface area contributed by atoms with E-state index in [4.69, 9.17) is 23.2 Å². The monoisotopic (exact) mass is 383 g/mol. The Kier molecular flexibility index (Phi) is 4.25. The molecule has 1 N–H and O–H groups in total. The van der Waals surface area contributed by atoms with Crippen LogP contribution in [0.5, 0.6) is 0 Å². The molecule has 21 heavy (non-hydrogen) atoms. The predicted molar refractivity (Wildman–Crippen MR) is 90.1 cm³/mol. The van der Waals surface area contributed by atoms with Crippen molar-refractivity contribution in [2.24, 2.45) is 5.92 Å². The van der Waals surface area contributed by atoms with Gasteiger partial charge in [0.15, 0.2) is 0 Å². The van der Waals surface area contributed by atoms with Crippen LogP contribution in [0.25, 0.3) is 0 Å². The number of hydrogen-bond acceptors (Lipinski definition) is 1. The van der Waals surface area contributed by atoms with Crippen molar-refractivity contribution < 1.29 is 4.79 Å². The molecule has 2 atom stereocenters. The summed E-state index contributed by atoms with van der Waals surface area (Å²) in [5.74, 6) is 0.234. The fourth-order valence-electron chi connectivity index (χ4n) is 2.41. The van der Waals surface area contributed by atoms with Crippen LogP contribution in [0.2, 0.25) is 10.0 Å². The first-order valence-electron chi connectivity index (χ1n) is 6.55. The lowest BCUT2D eigenvalue weighted by atomic mass is 10.1. The normalized spacial score (nSPS) is 20.1. The Morgan fingerprint density at radius 2 is 1.71 bits per heavy atom. The molecule has 2 aromatic rings. The van der Waals surface area contributed by atoms with Gasteiger partial charge < -0.3 is 5.32 Å². The molecule has 0 saturated heterocycles. The van der Waals surface area contributed by atoms with Crippen LogP contribution in [-0.4, -0.2) is 5.91 Å². The van der Waals surface area contributed by atoms with Crippen LogP contribution < -0.4 is 5.32 Å². The highest BCUT2D eigenvalue weighted by Crippen LogP contribution is 2.49. The summed E-state index contributed by atoms with van der Waals surface area (Å²) in [7, 11) is 0. The van der Waals surface area contributed by atoms with Crippen LogP contribution in [0.4, 0.5) is 5.69 Å². The van der Waals surface area contributed by atoms with Gasteiger partial charge in [-0.1, -0.05) is 39.1 Å². The maximum Gasteiger partial charge on any atom is 0.228 e. The van der Waals surface area contributed by atoms with E-state index < -0.39 is 0 Å². The fraction of sp³-hybridized carbons (Fsp3) is 0.188. The Hall–Kier alpha value is -1.03. The predicted octanol–water partition coefficient (Wildman–Crippen LogP) is 5.50. The molecule has 0 radical (unpaired) electrons. The van der Waals surface area contributed by atoms with Gasteiger partial charge in [0.05, 0.1) is 0 Å². The zero-order valence-corrected chi connectivity index (χ0v) is 14.0. The molecule has 0 unspecified atom stereocenters. The Balaban J connectivity index is 1.67. The largest absolute Gasteiger partial charge is 0.326 e. The van der Waals surface area contributed by atoms with Crippen LogP contribution in [0.15, 0.2) is 46.9 Å². The number of amides is 1. The molecule has 0 heterocycles. The van der Waals surface area contributed by atoms with Gasteiger partial charge in [-0.15, -0.1) is 0 Å². The number of carbonyl (C=O) groups excluding carboxylic acids is 1. The van der Waals surface area contributed by atoms with E-state index in [2.05, 4.69) is 21.2 Å². The van der Waals surface area contributed by atoms with Crippen LogP contribution >= 0.6 is 39.1 Å². The number of carbonyl (C=O) groups is 1. The van der Waals surface area contributed by atoms with Crippen molar-refractivity contribution in [2.45, 2.75) is 12.3 Å². The molecule has 1 fully saturated rings. The lowest BCUT2D eigenvalue weighted by molar-refractivity contribution is -0.117. The molecular weight excluding hydrogens is 373 g/mol. The Labute approximate surface area is 141 Å². The van der Waals surface area contributed by atoms with E-state index in [1.54, 1.807) is 6.07 Å². The number of anilines is 1. The number of halogens is 3. The van der Waals surface area contributed by atoms with Gasteiger partial charge >= 0.3 is 0 Å². The summed E-state index contributed by atoms with van der Waals surface area (Å²) in [4.78, 5) is 12.2. The van der Waals surface area contributed by atoms with E-state index in [-0.39, 0.29) is 17.7 Å². The van der Waals surface area contributed by atoms with E-state index in [9.17, 15) is 4.79 Å². The van der Waals surface area contributed by atoms with Gasteiger partial charge in [-0.2, -0.15) is 0 Å². The minimum Gasteiger partial charge on any atom is -0.326 e. The maximum atomic E-state index is 12.2. The van der Waals surface area contributed by atoms with Crippen molar-refractivity contribution in [1.82, 2.24) is 0 Å². The Morgan fingerprint density at radius 3 is 2.33 bits per heavy atom. The van der Waals surface area contributed by atoms with E-state index in [0.717, 1.165) is 22.1 Å². The van der Waals surface area contributed by atoms with Crippen LogP contribution in [0, 0.1) is 5.92 Å². The van der Waals surface area contributed by atoms with Crippen molar-refractivity contribution in [3.05, 3.63) is 62.5 Å². The highest BCUT2D eigenvalue weighted by Gasteiger charge is 2.44. The first-order valence-corrected chi connectivity index (χ1v) is 8.10. The first-order chi connectivity index (χ1) is 10.0. The molecule has 2 aromatic carbocycles. The smallest absolute Gasteiger partial charge is 0.228 e. The molecule has 1 saturated carbocycles. The summed E-state index contributed by atoms with van der Waals surface area (Å²) in [6, 6.07) is 13.0. The van der Waals surface area contributed by atoms with Gasteiger partial charge in [0.25, 0.3) is 0 Å². The minimum atomic E-state index is -0.0109. The van der Waals surface area contributed by atoms with Gasteiger partial charge in [-0.3, -0.25) is 4.79 Å². The molecule has 0 spiro atoms. The second-order valence-corrected chi connectivity index (χ2v) is 6.94. The minimum absolute atomic E-state index is 0.0109. The molecule has 0 aromatic heterocycles. The van der Waals surface area contributed by atoms with E-state index in [1.165, 1.54) is 0 Å². The summed E-state index contributed by atoms with van der Waals surface area (Å²) >= 11 is 15.4. The maximum absolute atomic E-state index is 12.2. The first kappa shape index (κ1) is 14.9. The number of nitrogens with one attached hydrogen (secondary N) is 1. The summed E-state index contributed by atoms with van der Waals surface area (Å²) in [5.41, 5.74) is 1.83. The highest BCUT2D eigenvalue weighted by molar-refractivity contribution is 9.10. The molecule has 1 aliphatic carbocycles. The van der Waals surface area contributed by atoms with Crippen molar-refractivity contribution in [3.63, 3.8) is 0 Å². The summed E-state index contributed by atoms with van der Waals surface area (Å²) < 4.78 is 0.985. The molecule has 5 heteroatoms. The van der Waals surface area contributed by atoms with Crippen molar-refractivity contribution in [3.8, 4) is 0 Å². The molecule has 2 nitrogen and oxygen atoms in total. The second kappa shape index (κ2) is 5.99. The third-order valence-electron chi connectivity index (χ3n) is 3.55. The molecule has 1 aliphatic rings. The quantitative estimate of drug-likeness (QED) is 0.743. The van der Waals surface area contributed by atoms with Crippen molar-refractivity contribution in [1.29, 1.82) is 0 Å². The third kappa shape index (κ3) is 3.60. The topological polar surface area (TPSA) is 29.1 Å². The SMILES string of the molecule is O=C(Nc1ccc(Br)cc1)[C@@H]1C[C@@H]1c1cc(Cl)cc(Cl)c1. The summed E-state index contributed by atoms with van der Waals surface area (Å²) in [5, 5.41) is 4.15. The lowest BCUT2D eigenvalue weighted by Crippen LogP contribution is -2.14. The molecule has 0 aliphatic heterocycles. The van der Waals surface area contributed by atoms with E-state index in [0.29, 0.717) is 10.0 Å². The fourth-order valence-corrected chi connectivity index (χ4v) is 3.22. The number of benzene rings is 2. The molecule has 1 amide bonds. The summed E-state index contributed by atoms with van der Waals surface area (Å²) in [6.45, 7) is 0. The number of hydrogen-bond donors (Lipinski definition) is 1. The molecule has 108 valence electrons. The van der Waals surface area contributed by atoms with E-state index in [1.807, 2.05) is 36.4 Å². The summed E-state index contributed by atoms with van der Waals surface area (Å²) in [6.07, 6.45) is 0.832. The Bertz CT molecular complexity index is 667. The number of rotatable bonds is 3. The molecular formula is C16H12BrCl2NO. The highest BCUT2D eigenvalue weighted by atomic mass is 79.9. The second-order valence-electron chi connectivity index (χ2n) is 5.15. The zero-order valence-electron chi connectivity index (χ0n) is 10.9. The van der Waals surface area contributed by atoms with Crippen LogP contribution in [0.1, 0.15) is 17.9 Å². The van der Waals surface area contributed by atoms with Gasteiger partial charge in [0, 0.05) is 26.1 Å². The van der Waals surface area contributed by atoms with Crippen LogP contribution in [0.3, 0.4) is 0 Å². The molecule has 0 bridgehead atoms. The average Bonchev–Trinajstić information content (AvgIpc) is 3.20. The lowest BCUT2D eigenvalue weighted by Gasteiger charge is -2.06. The standard InChI is InChI=1S/C16H12BrCl2NO/c17-10-1-3-13(4-2-10)20-16(21)15-8-14(15)9-5-11(18)7-12(19)6-9/h1-7,14-15H,8H2,(H,20,21)/t14-,15-/m1/s1. The Morgan fingerprint density at radius 1 is 1.10 bits per heavy atom. The molecule has 3 rings (SSSR count). The van der Waals surface area contributed by atoms with Gasteiger partial charge in [-0.25, -0.2) is 0 Å².